The number of carbonyl (C=O) groups excluding carboxylic acids is 1. The first-order valence-electron chi connectivity index (χ1n) is 12.2. The van der Waals surface area contributed by atoms with Gasteiger partial charge in [-0.1, -0.05) is 30.3 Å². The molecule has 38 heavy (non-hydrogen) atoms. The fourth-order valence-corrected chi connectivity index (χ4v) is 4.98. The van der Waals surface area contributed by atoms with Crippen molar-refractivity contribution < 1.29 is 18.8 Å². The summed E-state index contributed by atoms with van der Waals surface area (Å²) in [5, 5.41) is 14.2. The van der Waals surface area contributed by atoms with Gasteiger partial charge in [-0.15, -0.1) is 0 Å². The maximum atomic E-state index is 12.6. The standard InChI is InChI=1S/C28H32N4O5S/c1-28(2,14-15-32-24-13-12-20(26(34)37-3)17-23(24)30-27(32)35)29-18-25(33)19-8-7-9-21(16-19)31-38(36)22-10-5-4-6-11-22/h4-13,16-17,25,29,31,33H,14-15,18H2,1-3H3,(H,30,35). The van der Waals surface area contributed by atoms with E-state index in [2.05, 4.69) is 15.0 Å². The molecule has 0 fully saturated rings. The Morgan fingerprint density at radius 1 is 1.11 bits per heavy atom. The van der Waals surface area contributed by atoms with E-state index in [4.69, 9.17) is 4.74 Å². The lowest BCUT2D eigenvalue weighted by molar-refractivity contribution is 0.0601. The number of anilines is 1. The van der Waals surface area contributed by atoms with Crippen molar-refractivity contribution >= 4 is 33.7 Å². The molecule has 1 aromatic heterocycles. The van der Waals surface area contributed by atoms with E-state index >= 15 is 0 Å². The summed E-state index contributed by atoms with van der Waals surface area (Å²) in [6, 6.07) is 21.3. The van der Waals surface area contributed by atoms with Crippen LogP contribution in [0, 0.1) is 0 Å². The van der Waals surface area contributed by atoms with Crippen LogP contribution in [0.1, 0.15) is 42.3 Å². The van der Waals surface area contributed by atoms with Crippen LogP contribution in [0.5, 0.6) is 0 Å². The lowest BCUT2D eigenvalue weighted by atomic mass is 9.99. The van der Waals surface area contributed by atoms with E-state index in [1.165, 1.54) is 7.11 Å². The Labute approximate surface area is 223 Å². The predicted molar refractivity (Wildman–Crippen MR) is 148 cm³/mol. The zero-order valence-corrected chi connectivity index (χ0v) is 22.4. The Balaban J connectivity index is 1.36. The molecule has 0 bridgehead atoms. The maximum Gasteiger partial charge on any atom is 0.337 e. The number of rotatable bonds is 11. The number of hydrogen-bond acceptors (Lipinski definition) is 6. The van der Waals surface area contributed by atoms with Crippen molar-refractivity contribution in [2.45, 2.75) is 43.4 Å². The average Bonchev–Trinajstić information content (AvgIpc) is 3.24. The van der Waals surface area contributed by atoms with Gasteiger partial charge in [-0.05, 0) is 68.3 Å². The van der Waals surface area contributed by atoms with Crippen LogP contribution >= 0.6 is 0 Å². The molecule has 1 heterocycles. The van der Waals surface area contributed by atoms with Crippen LogP contribution in [-0.2, 0) is 22.3 Å². The van der Waals surface area contributed by atoms with Gasteiger partial charge in [0.1, 0.15) is 11.0 Å². The largest absolute Gasteiger partial charge is 0.465 e. The monoisotopic (exact) mass is 536 g/mol. The lowest BCUT2D eigenvalue weighted by Crippen LogP contribution is -2.42. The number of ether oxygens (including phenoxy) is 1. The van der Waals surface area contributed by atoms with E-state index in [9.17, 15) is 18.9 Å². The molecule has 0 saturated heterocycles. The fourth-order valence-electron chi connectivity index (χ4n) is 4.12. The first-order valence-corrected chi connectivity index (χ1v) is 13.4. The van der Waals surface area contributed by atoms with Crippen LogP contribution in [0.4, 0.5) is 5.69 Å². The number of fused-ring (bicyclic) bond motifs is 1. The second kappa shape index (κ2) is 11.8. The number of aryl methyl sites for hydroxylation is 1. The molecule has 0 saturated carbocycles. The highest BCUT2D eigenvalue weighted by atomic mass is 32.2. The first kappa shape index (κ1) is 27.3. The summed E-state index contributed by atoms with van der Waals surface area (Å²) in [6.45, 7) is 4.76. The maximum absolute atomic E-state index is 12.6. The Morgan fingerprint density at radius 3 is 2.61 bits per heavy atom. The molecule has 10 heteroatoms. The number of esters is 1. The Morgan fingerprint density at radius 2 is 1.87 bits per heavy atom. The van der Waals surface area contributed by atoms with Gasteiger partial charge in [-0.25, -0.2) is 13.8 Å². The summed E-state index contributed by atoms with van der Waals surface area (Å²) in [7, 11) is -0.0946. The van der Waals surface area contributed by atoms with Crippen molar-refractivity contribution in [3.63, 3.8) is 0 Å². The number of aliphatic hydroxyl groups is 1. The van der Waals surface area contributed by atoms with Crippen LogP contribution in [0.25, 0.3) is 11.0 Å². The number of benzene rings is 3. The van der Waals surface area contributed by atoms with Crippen molar-refractivity contribution in [2.75, 3.05) is 18.4 Å². The number of carbonyl (C=O) groups is 1. The molecule has 2 unspecified atom stereocenters. The van der Waals surface area contributed by atoms with Gasteiger partial charge >= 0.3 is 11.7 Å². The van der Waals surface area contributed by atoms with E-state index in [0.717, 1.165) is 0 Å². The molecular formula is C28H32N4O5S. The summed E-state index contributed by atoms with van der Waals surface area (Å²) in [5.41, 5.74) is 2.34. The molecule has 2 atom stereocenters. The molecule has 4 aromatic rings. The summed E-state index contributed by atoms with van der Waals surface area (Å²) in [4.78, 5) is 27.8. The number of hydrogen-bond donors (Lipinski definition) is 4. The quantitative estimate of drug-likeness (QED) is 0.217. The van der Waals surface area contributed by atoms with E-state index in [-0.39, 0.29) is 11.2 Å². The number of aromatic amines is 1. The van der Waals surface area contributed by atoms with Gasteiger partial charge in [0.25, 0.3) is 0 Å². The minimum absolute atomic E-state index is 0.255. The van der Waals surface area contributed by atoms with Crippen molar-refractivity contribution in [1.82, 2.24) is 14.9 Å². The molecule has 9 nitrogen and oxygen atoms in total. The zero-order chi connectivity index (χ0) is 27.3. The normalized spacial score (nSPS) is 13.3. The van der Waals surface area contributed by atoms with E-state index in [1.807, 2.05) is 50.2 Å². The van der Waals surface area contributed by atoms with E-state index in [1.54, 1.807) is 41.0 Å². The molecule has 200 valence electrons. The number of nitrogens with one attached hydrogen (secondary N) is 3. The molecule has 0 radical (unpaired) electrons. The second-order valence-electron chi connectivity index (χ2n) is 9.65. The molecule has 4 N–H and O–H groups in total. The van der Waals surface area contributed by atoms with E-state index in [0.29, 0.717) is 52.3 Å². The molecule has 0 spiro atoms. The lowest BCUT2D eigenvalue weighted by Gasteiger charge is -2.28. The molecular weight excluding hydrogens is 504 g/mol. The van der Waals surface area contributed by atoms with Gasteiger partial charge in [0.15, 0.2) is 0 Å². The van der Waals surface area contributed by atoms with Crippen molar-refractivity contribution in [2.24, 2.45) is 0 Å². The second-order valence-corrected chi connectivity index (χ2v) is 10.9. The zero-order valence-electron chi connectivity index (χ0n) is 21.6. The van der Waals surface area contributed by atoms with Crippen LogP contribution in [0.15, 0.2) is 82.5 Å². The van der Waals surface area contributed by atoms with Gasteiger partial charge in [0, 0.05) is 24.3 Å². The molecule has 0 amide bonds. The third kappa shape index (κ3) is 6.58. The molecule has 3 aromatic carbocycles. The number of aromatic nitrogens is 2. The number of aliphatic hydroxyl groups excluding tert-OH is 1. The van der Waals surface area contributed by atoms with Crippen LogP contribution < -0.4 is 15.7 Å². The number of H-pyrrole nitrogens is 1. The third-order valence-corrected chi connectivity index (χ3v) is 7.49. The first-order chi connectivity index (χ1) is 18.2. The predicted octanol–water partition coefficient (Wildman–Crippen LogP) is 3.74. The number of β-amino-alcohol motifs (C(OH)–C–C–N with tert-alkyl or cyclic N) is 1. The number of nitrogens with zero attached hydrogens (tertiary/aromatic N) is 1. The minimum atomic E-state index is -1.41. The van der Waals surface area contributed by atoms with E-state index < -0.39 is 23.1 Å². The Kier molecular flexibility index (Phi) is 8.45. The highest BCUT2D eigenvalue weighted by Gasteiger charge is 2.21. The van der Waals surface area contributed by atoms with Crippen molar-refractivity contribution in [3.05, 3.63) is 94.4 Å². The third-order valence-electron chi connectivity index (χ3n) is 6.37. The molecule has 4 rings (SSSR count). The highest BCUT2D eigenvalue weighted by molar-refractivity contribution is 7.86. The summed E-state index contributed by atoms with van der Waals surface area (Å²) >= 11 is 0. The highest BCUT2D eigenvalue weighted by Crippen LogP contribution is 2.21. The van der Waals surface area contributed by atoms with Gasteiger partial charge in [0.2, 0.25) is 0 Å². The van der Waals surface area contributed by atoms with Gasteiger partial charge in [-0.3, -0.25) is 4.57 Å². The topological polar surface area (TPSA) is 125 Å². The smallest absolute Gasteiger partial charge is 0.337 e. The molecule has 0 aliphatic heterocycles. The summed E-state index contributed by atoms with van der Waals surface area (Å²) in [5.74, 6) is -0.463. The summed E-state index contributed by atoms with van der Waals surface area (Å²) < 4.78 is 21.9. The molecule has 0 aliphatic rings. The minimum Gasteiger partial charge on any atom is -0.465 e. The van der Waals surface area contributed by atoms with Gasteiger partial charge in [-0.2, -0.15) is 0 Å². The van der Waals surface area contributed by atoms with Gasteiger partial charge < -0.3 is 24.9 Å². The number of imidazole rings is 1. The Hall–Kier alpha value is -3.73. The van der Waals surface area contributed by atoms with Gasteiger partial charge in [0.05, 0.1) is 34.7 Å². The van der Waals surface area contributed by atoms with Crippen molar-refractivity contribution in [1.29, 1.82) is 0 Å². The molecule has 0 aliphatic carbocycles. The van der Waals surface area contributed by atoms with Crippen LogP contribution in [-0.4, -0.2) is 44.0 Å². The average molecular weight is 537 g/mol. The summed E-state index contributed by atoms with van der Waals surface area (Å²) in [6.07, 6.45) is -0.170. The SMILES string of the molecule is COC(=O)c1ccc2c(c1)[nH]c(=O)n2CCC(C)(C)NCC(O)c1cccc(NS(=O)c2ccccc2)c1. The Bertz CT molecular complexity index is 1500. The fraction of sp³-hybridized carbons (Fsp3) is 0.286. The van der Waals surface area contributed by atoms with Crippen LogP contribution in [0.3, 0.4) is 0 Å². The van der Waals surface area contributed by atoms with Crippen molar-refractivity contribution in [3.8, 4) is 0 Å². The number of methoxy groups -OCH3 is 1. The van der Waals surface area contributed by atoms with Crippen LogP contribution in [0.2, 0.25) is 0 Å².